The molecular weight excluding hydrogens is 238 g/mol. The van der Waals surface area contributed by atoms with Gasteiger partial charge in [-0.25, -0.2) is 0 Å². The average molecular weight is 259 g/mol. The van der Waals surface area contributed by atoms with Crippen LogP contribution in [0.4, 0.5) is 0 Å². The molecule has 2 aliphatic rings. The molecule has 1 aromatic rings. The Labute approximate surface area is 114 Å². The number of carboxylic acid groups (broad SMARTS) is 1. The van der Waals surface area contributed by atoms with E-state index in [4.69, 9.17) is 0 Å². The van der Waals surface area contributed by atoms with Crippen molar-refractivity contribution < 1.29 is 9.90 Å². The molecule has 3 rings (SSSR count). The van der Waals surface area contributed by atoms with Crippen LogP contribution < -0.4 is 5.32 Å². The highest BCUT2D eigenvalue weighted by atomic mass is 16.4. The zero-order chi connectivity index (χ0) is 13.2. The molecule has 2 fully saturated rings. The summed E-state index contributed by atoms with van der Waals surface area (Å²) in [5.74, 6) is 1.65. The first-order valence-electron chi connectivity index (χ1n) is 7.25. The van der Waals surface area contributed by atoms with Crippen LogP contribution in [0, 0.1) is 17.8 Å². The van der Waals surface area contributed by atoms with Crippen LogP contribution in [0.15, 0.2) is 30.3 Å². The fourth-order valence-electron chi connectivity index (χ4n) is 3.89. The molecule has 3 nitrogen and oxygen atoms in total. The number of rotatable bonds is 5. The summed E-state index contributed by atoms with van der Waals surface area (Å²) in [6.45, 7) is 0.840. The third-order valence-corrected chi connectivity index (χ3v) is 4.85. The van der Waals surface area contributed by atoms with Crippen LogP contribution >= 0.6 is 0 Å². The number of benzene rings is 1. The summed E-state index contributed by atoms with van der Waals surface area (Å²) in [6.07, 6.45) is 5.40. The van der Waals surface area contributed by atoms with Crippen LogP contribution in [-0.2, 0) is 4.79 Å². The molecule has 1 aromatic carbocycles. The fraction of sp³-hybridized carbons (Fsp3) is 0.562. The zero-order valence-electron chi connectivity index (χ0n) is 11.1. The van der Waals surface area contributed by atoms with Gasteiger partial charge in [0.25, 0.3) is 0 Å². The van der Waals surface area contributed by atoms with E-state index >= 15 is 0 Å². The number of hydrogen-bond donors (Lipinski definition) is 2. The first-order chi connectivity index (χ1) is 9.24. The van der Waals surface area contributed by atoms with Crippen molar-refractivity contribution in [3.8, 4) is 0 Å². The van der Waals surface area contributed by atoms with E-state index in [1.165, 1.54) is 25.7 Å². The Balaban J connectivity index is 1.61. The number of fused-ring (bicyclic) bond motifs is 2. The lowest BCUT2D eigenvalue weighted by molar-refractivity contribution is -0.139. The maximum Gasteiger partial charge on any atom is 0.325 e. The Bertz CT molecular complexity index is 445. The number of hydrogen-bond acceptors (Lipinski definition) is 2. The Kier molecular flexibility index (Phi) is 3.56. The molecule has 102 valence electrons. The molecule has 2 N–H and O–H groups in total. The van der Waals surface area contributed by atoms with E-state index in [-0.39, 0.29) is 0 Å². The lowest BCUT2D eigenvalue weighted by atomic mass is 9.88. The van der Waals surface area contributed by atoms with Gasteiger partial charge < -0.3 is 10.4 Å². The van der Waals surface area contributed by atoms with Gasteiger partial charge in [0.2, 0.25) is 0 Å². The first-order valence-corrected chi connectivity index (χ1v) is 7.25. The van der Waals surface area contributed by atoms with E-state index in [9.17, 15) is 9.90 Å². The van der Waals surface area contributed by atoms with E-state index in [0.717, 1.165) is 23.9 Å². The predicted octanol–water partition coefficient (Wildman–Crippen LogP) is 2.84. The minimum Gasteiger partial charge on any atom is -0.480 e. The Morgan fingerprint density at radius 1 is 1.26 bits per heavy atom. The van der Waals surface area contributed by atoms with Crippen molar-refractivity contribution in [3.63, 3.8) is 0 Å². The molecule has 2 aliphatic carbocycles. The summed E-state index contributed by atoms with van der Waals surface area (Å²) in [5, 5.41) is 12.6. The van der Waals surface area contributed by atoms with Crippen molar-refractivity contribution >= 4 is 5.97 Å². The van der Waals surface area contributed by atoms with E-state index in [2.05, 4.69) is 5.32 Å². The van der Waals surface area contributed by atoms with Crippen LogP contribution in [0.5, 0.6) is 0 Å². The number of carbonyl (C=O) groups is 1. The molecule has 0 heterocycles. The molecule has 4 atom stereocenters. The second-order valence-electron chi connectivity index (χ2n) is 6.03. The van der Waals surface area contributed by atoms with Gasteiger partial charge in [-0.05, 0) is 49.1 Å². The van der Waals surface area contributed by atoms with Gasteiger partial charge in [0, 0.05) is 0 Å². The van der Waals surface area contributed by atoms with Crippen LogP contribution in [0.25, 0.3) is 0 Å². The third-order valence-electron chi connectivity index (χ3n) is 4.85. The van der Waals surface area contributed by atoms with E-state index in [0.29, 0.717) is 5.92 Å². The van der Waals surface area contributed by atoms with Crippen molar-refractivity contribution in [1.82, 2.24) is 5.32 Å². The van der Waals surface area contributed by atoms with Gasteiger partial charge >= 0.3 is 5.97 Å². The average Bonchev–Trinajstić information content (AvgIpc) is 3.02. The smallest absolute Gasteiger partial charge is 0.325 e. The molecule has 0 spiro atoms. The Morgan fingerprint density at radius 2 is 2.05 bits per heavy atom. The highest BCUT2D eigenvalue weighted by molar-refractivity contribution is 5.75. The number of carboxylic acids is 1. The zero-order valence-corrected chi connectivity index (χ0v) is 11.1. The summed E-state index contributed by atoms with van der Waals surface area (Å²) < 4.78 is 0. The maximum absolute atomic E-state index is 11.4. The molecule has 2 bridgehead atoms. The van der Waals surface area contributed by atoms with E-state index in [1.54, 1.807) is 0 Å². The molecule has 0 saturated heterocycles. The van der Waals surface area contributed by atoms with Gasteiger partial charge in [0.15, 0.2) is 0 Å². The number of nitrogens with one attached hydrogen (secondary N) is 1. The quantitative estimate of drug-likeness (QED) is 0.855. The van der Waals surface area contributed by atoms with Crippen LogP contribution in [0.1, 0.15) is 37.3 Å². The SMILES string of the molecule is O=C(O)C(NCC1CC2CCC1C2)c1ccccc1. The molecule has 0 aliphatic heterocycles. The summed E-state index contributed by atoms with van der Waals surface area (Å²) in [4.78, 5) is 11.4. The summed E-state index contributed by atoms with van der Waals surface area (Å²) in [5.41, 5.74) is 0.846. The molecule has 0 radical (unpaired) electrons. The minimum absolute atomic E-state index is 0.569. The highest BCUT2D eigenvalue weighted by Crippen LogP contribution is 2.48. The van der Waals surface area contributed by atoms with Crippen molar-refractivity contribution in [2.24, 2.45) is 17.8 Å². The van der Waals surface area contributed by atoms with Gasteiger partial charge in [0.05, 0.1) is 0 Å². The van der Waals surface area contributed by atoms with E-state index < -0.39 is 12.0 Å². The monoisotopic (exact) mass is 259 g/mol. The second-order valence-corrected chi connectivity index (χ2v) is 6.03. The van der Waals surface area contributed by atoms with Gasteiger partial charge in [-0.2, -0.15) is 0 Å². The first kappa shape index (κ1) is 12.7. The molecule has 4 unspecified atom stereocenters. The van der Waals surface area contributed by atoms with E-state index in [1.807, 2.05) is 30.3 Å². The summed E-state index contributed by atoms with van der Waals surface area (Å²) in [7, 11) is 0. The normalized spacial score (nSPS) is 30.4. The number of aliphatic carboxylic acids is 1. The fourth-order valence-corrected chi connectivity index (χ4v) is 3.89. The largest absolute Gasteiger partial charge is 0.480 e. The van der Waals surface area contributed by atoms with Gasteiger partial charge in [-0.1, -0.05) is 36.8 Å². The Morgan fingerprint density at radius 3 is 2.63 bits per heavy atom. The summed E-state index contributed by atoms with van der Waals surface area (Å²) >= 11 is 0. The van der Waals surface area contributed by atoms with Crippen molar-refractivity contribution in [1.29, 1.82) is 0 Å². The second kappa shape index (κ2) is 5.33. The molecular formula is C16H21NO2. The topological polar surface area (TPSA) is 49.3 Å². The minimum atomic E-state index is -0.783. The van der Waals surface area contributed by atoms with Crippen molar-refractivity contribution in [3.05, 3.63) is 35.9 Å². The molecule has 19 heavy (non-hydrogen) atoms. The maximum atomic E-state index is 11.4. The standard InChI is InChI=1S/C16H21NO2/c18-16(19)15(12-4-2-1-3-5-12)17-10-14-9-11-6-7-13(14)8-11/h1-5,11,13-15,17H,6-10H2,(H,18,19). The van der Waals surface area contributed by atoms with Gasteiger partial charge in [-0.3, -0.25) is 4.79 Å². The molecule has 0 amide bonds. The van der Waals surface area contributed by atoms with Crippen LogP contribution in [0.2, 0.25) is 0 Å². The molecule has 3 heteroatoms. The highest BCUT2D eigenvalue weighted by Gasteiger charge is 2.39. The van der Waals surface area contributed by atoms with Crippen LogP contribution in [-0.4, -0.2) is 17.6 Å². The summed E-state index contributed by atoms with van der Waals surface area (Å²) in [6, 6.07) is 8.90. The predicted molar refractivity (Wildman–Crippen MR) is 73.8 cm³/mol. The lowest BCUT2D eigenvalue weighted by Crippen LogP contribution is -2.34. The van der Waals surface area contributed by atoms with Gasteiger partial charge in [0.1, 0.15) is 6.04 Å². The third kappa shape index (κ3) is 2.66. The lowest BCUT2D eigenvalue weighted by Gasteiger charge is -2.24. The van der Waals surface area contributed by atoms with Crippen LogP contribution in [0.3, 0.4) is 0 Å². The van der Waals surface area contributed by atoms with Crippen molar-refractivity contribution in [2.45, 2.75) is 31.7 Å². The molecule has 0 aromatic heterocycles. The van der Waals surface area contributed by atoms with Gasteiger partial charge in [-0.15, -0.1) is 0 Å². The Hall–Kier alpha value is -1.35. The molecule has 2 saturated carbocycles. The van der Waals surface area contributed by atoms with Crippen molar-refractivity contribution in [2.75, 3.05) is 6.54 Å².